The van der Waals surface area contributed by atoms with Gasteiger partial charge in [-0.05, 0) is 79.4 Å². The van der Waals surface area contributed by atoms with Crippen LogP contribution in [0.3, 0.4) is 0 Å². The first-order valence-corrected chi connectivity index (χ1v) is 16.5. The van der Waals surface area contributed by atoms with E-state index in [4.69, 9.17) is 17.3 Å². The van der Waals surface area contributed by atoms with E-state index in [0.717, 1.165) is 0 Å². The average Bonchev–Trinajstić information content (AvgIpc) is 3.01. The van der Waals surface area contributed by atoms with E-state index in [-0.39, 0.29) is 28.6 Å². The summed E-state index contributed by atoms with van der Waals surface area (Å²) in [6, 6.07) is 23.3. The summed E-state index contributed by atoms with van der Waals surface area (Å²) in [5.74, 6) is -2.36. The fourth-order valence-electron chi connectivity index (χ4n) is 5.99. The molecule has 4 atom stereocenters. The van der Waals surface area contributed by atoms with Crippen molar-refractivity contribution in [1.29, 1.82) is 0 Å². The summed E-state index contributed by atoms with van der Waals surface area (Å²) >= 11 is 6.24. The number of nitrogens with zero attached hydrogens (tertiary/aromatic N) is 1. The van der Waals surface area contributed by atoms with Gasteiger partial charge in [0.25, 0.3) is 0 Å². The smallest absolute Gasteiger partial charge is 0.243 e. The standard InChI is InChI=1S/C34H35ClF2N4O3S/c1-22-20-39-21-27(41(22)45(43,44)28-12-3-2-4-13-28)16-17-29-30(37)14-7-15-31(29)40-34(42)33(38)32(23-8-5-10-25(35)18-23)24-9-6-11-26(36)19-24/h2-15,18-19,22,27,32-33,39H,16-17,20-21,38H2,1H3,(H,40,42)/t22-,27-,32-,33-/m0/s1. The predicted molar refractivity (Wildman–Crippen MR) is 173 cm³/mol. The molecule has 0 saturated carbocycles. The Bertz CT molecular complexity index is 1710. The first-order chi connectivity index (χ1) is 21.6. The van der Waals surface area contributed by atoms with Gasteiger partial charge in [-0.3, -0.25) is 4.79 Å². The number of halogens is 3. The van der Waals surface area contributed by atoms with Gasteiger partial charge in [0.05, 0.1) is 10.9 Å². The average molecular weight is 653 g/mol. The summed E-state index contributed by atoms with van der Waals surface area (Å²) in [6.07, 6.45) is 0.451. The van der Waals surface area contributed by atoms with Crippen LogP contribution in [0.15, 0.2) is 102 Å². The molecule has 7 nitrogen and oxygen atoms in total. The quantitative estimate of drug-likeness (QED) is 0.204. The number of benzene rings is 4. The molecule has 4 aromatic rings. The number of nitrogens with two attached hydrogens (primary N) is 1. The molecule has 4 N–H and O–H groups in total. The minimum atomic E-state index is -3.81. The van der Waals surface area contributed by atoms with Crippen molar-refractivity contribution in [2.24, 2.45) is 5.73 Å². The van der Waals surface area contributed by atoms with Gasteiger partial charge in [-0.15, -0.1) is 0 Å². The molecule has 0 aliphatic carbocycles. The second kappa shape index (κ2) is 14.2. The van der Waals surface area contributed by atoms with Gasteiger partial charge in [-0.25, -0.2) is 17.2 Å². The van der Waals surface area contributed by atoms with Crippen LogP contribution in [0.5, 0.6) is 0 Å². The van der Waals surface area contributed by atoms with Gasteiger partial charge in [0.1, 0.15) is 11.6 Å². The van der Waals surface area contributed by atoms with Crippen LogP contribution in [-0.4, -0.2) is 49.8 Å². The number of carbonyl (C=O) groups excluding carboxylic acids is 1. The summed E-state index contributed by atoms with van der Waals surface area (Å²) in [4.78, 5) is 13.8. The highest BCUT2D eigenvalue weighted by Gasteiger charge is 2.38. The normalized spacial score (nSPS) is 18.7. The van der Waals surface area contributed by atoms with Crippen molar-refractivity contribution in [3.05, 3.63) is 130 Å². The summed E-state index contributed by atoms with van der Waals surface area (Å²) in [5.41, 5.74) is 8.10. The molecular formula is C34H35ClF2N4O3S. The van der Waals surface area contributed by atoms with Crippen LogP contribution in [-0.2, 0) is 21.2 Å². The van der Waals surface area contributed by atoms with E-state index < -0.39 is 45.6 Å². The maximum absolute atomic E-state index is 15.3. The molecule has 1 amide bonds. The first kappa shape index (κ1) is 32.7. The summed E-state index contributed by atoms with van der Waals surface area (Å²) in [5, 5.41) is 6.50. The number of amides is 1. The Balaban J connectivity index is 1.39. The Hall–Kier alpha value is -3.67. The molecule has 0 radical (unpaired) electrons. The number of nitrogens with one attached hydrogen (secondary N) is 2. The molecule has 0 bridgehead atoms. The number of carbonyl (C=O) groups is 1. The Morgan fingerprint density at radius 3 is 2.38 bits per heavy atom. The number of sulfonamides is 1. The van der Waals surface area contributed by atoms with Crippen LogP contribution >= 0.6 is 11.6 Å². The van der Waals surface area contributed by atoms with Crippen LogP contribution in [0, 0.1) is 11.6 Å². The second-order valence-electron chi connectivity index (χ2n) is 11.2. The molecule has 0 spiro atoms. The molecule has 1 saturated heterocycles. The summed E-state index contributed by atoms with van der Waals surface area (Å²) in [6.45, 7) is 2.72. The van der Waals surface area contributed by atoms with Crippen molar-refractivity contribution >= 4 is 33.2 Å². The molecular weight excluding hydrogens is 618 g/mol. The van der Waals surface area contributed by atoms with Gasteiger partial charge >= 0.3 is 0 Å². The van der Waals surface area contributed by atoms with Gasteiger partial charge in [0.2, 0.25) is 15.9 Å². The highest BCUT2D eigenvalue weighted by molar-refractivity contribution is 7.89. The molecule has 45 heavy (non-hydrogen) atoms. The van der Waals surface area contributed by atoms with Gasteiger partial charge in [-0.1, -0.05) is 60.1 Å². The summed E-state index contributed by atoms with van der Waals surface area (Å²) < 4.78 is 58.3. The lowest BCUT2D eigenvalue weighted by atomic mass is 9.85. The van der Waals surface area contributed by atoms with Crippen molar-refractivity contribution in [2.45, 2.75) is 48.7 Å². The van der Waals surface area contributed by atoms with Crippen molar-refractivity contribution in [3.8, 4) is 0 Å². The third kappa shape index (κ3) is 7.43. The number of hydrogen-bond acceptors (Lipinski definition) is 5. The fraction of sp³-hybridized carbons (Fsp3) is 0.265. The zero-order valence-electron chi connectivity index (χ0n) is 24.7. The van der Waals surface area contributed by atoms with Crippen LogP contribution in [0.1, 0.15) is 36.0 Å². The third-order valence-electron chi connectivity index (χ3n) is 8.11. The molecule has 5 rings (SSSR count). The highest BCUT2D eigenvalue weighted by atomic mass is 35.5. The minimum Gasteiger partial charge on any atom is -0.324 e. The number of anilines is 1. The van der Waals surface area contributed by atoms with E-state index in [0.29, 0.717) is 35.7 Å². The minimum absolute atomic E-state index is 0.152. The largest absolute Gasteiger partial charge is 0.324 e. The molecule has 11 heteroatoms. The van der Waals surface area contributed by atoms with Crippen LogP contribution in [0.2, 0.25) is 5.02 Å². The van der Waals surface area contributed by atoms with E-state index in [9.17, 15) is 17.6 Å². The molecule has 1 aliphatic rings. The van der Waals surface area contributed by atoms with E-state index >= 15 is 4.39 Å². The molecule has 1 heterocycles. The van der Waals surface area contributed by atoms with Crippen molar-refractivity contribution in [1.82, 2.24) is 9.62 Å². The van der Waals surface area contributed by atoms with Crippen molar-refractivity contribution in [2.75, 3.05) is 18.4 Å². The van der Waals surface area contributed by atoms with E-state index in [1.54, 1.807) is 72.8 Å². The molecule has 1 fully saturated rings. The van der Waals surface area contributed by atoms with Gasteiger partial charge in [0.15, 0.2) is 0 Å². The molecule has 0 aromatic heterocycles. The van der Waals surface area contributed by atoms with E-state index in [2.05, 4.69) is 10.6 Å². The third-order valence-corrected chi connectivity index (χ3v) is 10.4. The lowest BCUT2D eigenvalue weighted by Gasteiger charge is -2.40. The van der Waals surface area contributed by atoms with Gasteiger partial charge < -0.3 is 16.4 Å². The topological polar surface area (TPSA) is 105 Å². The molecule has 0 unspecified atom stereocenters. The Labute approximate surface area is 267 Å². The molecule has 1 aliphatic heterocycles. The van der Waals surface area contributed by atoms with Crippen molar-refractivity contribution in [3.63, 3.8) is 0 Å². The fourth-order valence-corrected chi connectivity index (χ4v) is 8.05. The SMILES string of the molecule is C[C@H]1CNC[C@H](CCc2c(F)cccc2NC(=O)[C@@H](N)[C@H](c2cccc(F)c2)c2cccc(Cl)c2)N1S(=O)(=O)c1ccccc1. The van der Waals surface area contributed by atoms with E-state index in [1.807, 2.05) is 6.92 Å². The Morgan fingerprint density at radius 2 is 1.67 bits per heavy atom. The van der Waals surface area contributed by atoms with Crippen molar-refractivity contribution < 1.29 is 22.0 Å². The lowest BCUT2D eigenvalue weighted by molar-refractivity contribution is -0.117. The Kier molecular flexibility index (Phi) is 10.3. The number of rotatable bonds is 10. The van der Waals surface area contributed by atoms with Crippen LogP contribution in [0.25, 0.3) is 0 Å². The Morgan fingerprint density at radius 1 is 0.978 bits per heavy atom. The van der Waals surface area contributed by atoms with Gasteiger partial charge in [0, 0.05) is 47.4 Å². The maximum atomic E-state index is 15.3. The molecule has 4 aromatic carbocycles. The zero-order chi connectivity index (χ0) is 32.1. The lowest BCUT2D eigenvalue weighted by Crippen LogP contribution is -2.58. The van der Waals surface area contributed by atoms with Crippen LogP contribution < -0.4 is 16.4 Å². The second-order valence-corrected chi connectivity index (χ2v) is 13.5. The molecule has 236 valence electrons. The maximum Gasteiger partial charge on any atom is 0.243 e. The number of piperazine rings is 1. The monoisotopic (exact) mass is 652 g/mol. The zero-order valence-corrected chi connectivity index (χ0v) is 26.2. The first-order valence-electron chi connectivity index (χ1n) is 14.7. The van der Waals surface area contributed by atoms with Crippen LogP contribution in [0.4, 0.5) is 14.5 Å². The van der Waals surface area contributed by atoms with E-state index in [1.165, 1.54) is 28.6 Å². The highest BCUT2D eigenvalue weighted by Crippen LogP contribution is 2.32. The summed E-state index contributed by atoms with van der Waals surface area (Å²) in [7, 11) is -3.81. The number of hydrogen-bond donors (Lipinski definition) is 3. The van der Waals surface area contributed by atoms with Gasteiger partial charge in [-0.2, -0.15) is 4.31 Å². The predicted octanol–water partition coefficient (Wildman–Crippen LogP) is 5.70.